The van der Waals surface area contributed by atoms with Crippen LogP contribution in [0.2, 0.25) is 0 Å². The van der Waals surface area contributed by atoms with Crippen molar-refractivity contribution in [3.63, 3.8) is 0 Å². The van der Waals surface area contributed by atoms with Crippen LogP contribution in [0, 0.1) is 12.3 Å². The van der Waals surface area contributed by atoms with Crippen molar-refractivity contribution in [1.82, 2.24) is 20.1 Å². The smallest absolute Gasteiger partial charge is 0.263 e. The maximum absolute atomic E-state index is 6.47. The number of likely N-dealkylation sites (N-methyl/N-ethyl adjacent to an activating group) is 1. The first-order valence-electron chi connectivity index (χ1n) is 12.0. The number of hydrogen-bond acceptors (Lipinski definition) is 9. The first-order valence-corrected chi connectivity index (χ1v) is 12.0. The number of anilines is 1. The first-order chi connectivity index (χ1) is 15.8. The highest BCUT2D eigenvalue weighted by Gasteiger charge is 2.36. The lowest BCUT2D eigenvalue weighted by molar-refractivity contribution is 0.153. The molecule has 2 aliphatic rings. The topological polar surface area (TPSA) is 128 Å². The quantitative estimate of drug-likeness (QED) is 0.362. The number of hydrazine groups is 1. The average molecular weight is 456 g/mol. The highest BCUT2D eigenvalue weighted by molar-refractivity contribution is 5.64. The van der Waals surface area contributed by atoms with E-state index >= 15 is 0 Å². The summed E-state index contributed by atoms with van der Waals surface area (Å²) in [6.07, 6.45) is 10.7. The van der Waals surface area contributed by atoms with Crippen molar-refractivity contribution in [1.29, 1.82) is 0 Å². The third-order valence-electron chi connectivity index (χ3n) is 6.82. The van der Waals surface area contributed by atoms with Crippen molar-refractivity contribution in [2.24, 2.45) is 17.0 Å². The largest absolute Gasteiger partial charge is 0.489 e. The van der Waals surface area contributed by atoms with E-state index in [-0.39, 0.29) is 6.10 Å². The van der Waals surface area contributed by atoms with Crippen molar-refractivity contribution in [3.8, 4) is 5.75 Å². The van der Waals surface area contributed by atoms with Gasteiger partial charge in [0.25, 0.3) is 5.95 Å². The summed E-state index contributed by atoms with van der Waals surface area (Å²) in [7, 11) is 1.75. The highest BCUT2D eigenvalue weighted by atomic mass is 16.5. The Labute approximate surface area is 195 Å². The van der Waals surface area contributed by atoms with Crippen LogP contribution >= 0.6 is 0 Å². The Kier molecular flexibility index (Phi) is 7.07. The molecule has 0 aliphatic heterocycles. The van der Waals surface area contributed by atoms with Crippen molar-refractivity contribution >= 4 is 11.6 Å². The molecule has 2 saturated carbocycles. The van der Waals surface area contributed by atoms with E-state index in [1.807, 2.05) is 19.1 Å². The molecular formula is C24H37N7O2. The molecule has 2 heterocycles. The van der Waals surface area contributed by atoms with Gasteiger partial charge in [0, 0.05) is 13.5 Å². The molecule has 5 N–H and O–H groups in total. The van der Waals surface area contributed by atoms with Crippen LogP contribution < -0.4 is 21.6 Å². The van der Waals surface area contributed by atoms with Crippen molar-refractivity contribution in [2.45, 2.75) is 77.7 Å². The minimum atomic E-state index is 0.278. The molecule has 0 bridgehead atoms. The number of aryl methyl sites for hydroxylation is 2. The predicted molar refractivity (Wildman–Crippen MR) is 128 cm³/mol. The third-order valence-corrected chi connectivity index (χ3v) is 6.82. The van der Waals surface area contributed by atoms with E-state index in [0.717, 1.165) is 37.1 Å². The summed E-state index contributed by atoms with van der Waals surface area (Å²) >= 11 is 0. The Morgan fingerprint density at radius 2 is 2.00 bits per heavy atom. The molecule has 0 saturated heterocycles. The maximum Gasteiger partial charge on any atom is 0.263 e. The highest BCUT2D eigenvalue weighted by Crippen LogP contribution is 2.48. The normalized spacial score (nSPS) is 18.5. The van der Waals surface area contributed by atoms with Gasteiger partial charge in [0.15, 0.2) is 0 Å². The zero-order valence-corrected chi connectivity index (χ0v) is 20.1. The lowest BCUT2D eigenvalue weighted by Gasteiger charge is -2.24. The van der Waals surface area contributed by atoms with Gasteiger partial charge in [-0.1, -0.05) is 13.3 Å². The predicted octanol–water partition coefficient (Wildman–Crippen LogP) is 3.76. The Hall–Kier alpha value is -2.81. The molecule has 180 valence electrons. The number of rotatable bonds is 10. The third kappa shape index (κ3) is 6.16. The van der Waals surface area contributed by atoms with Gasteiger partial charge in [-0.3, -0.25) is 0 Å². The van der Waals surface area contributed by atoms with Crippen LogP contribution in [0.1, 0.15) is 75.6 Å². The van der Waals surface area contributed by atoms with E-state index in [0.29, 0.717) is 40.9 Å². The van der Waals surface area contributed by atoms with Gasteiger partial charge in [-0.25, -0.2) is 10.8 Å². The van der Waals surface area contributed by atoms with Gasteiger partial charge in [0.1, 0.15) is 5.75 Å². The molecule has 33 heavy (non-hydrogen) atoms. The number of hydrogen-bond donors (Lipinski definition) is 3. The second kappa shape index (κ2) is 9.99. The van der Waals surface area contributed by atoms with Crippen LogP contribution in [0.25, 0.3) is 5.70 Å². The fourth-order valence-electron chi connectivity index (χ4n) is 4.21. The SMILES string of the molecule is Cc1nc(/C(N)=C(\CNc2noc(CCC3(C)CC3)n2)N(C)N)ccc1OC1CCCCC1. The van der Waals surface area contributed by atoms with Crippen LogP contribution in [-0.4, -0.2) is 39.8 Å². The van der Waals surface area contributed by atoms with Crippen LogP contribution in [0.5, 0.6) is 5.75 Å². The molecule has 2 aromatic rings. The van der Waals surface area contributed by atoms with Crippen LogP contribution in [0.3, 0.4) is 0 Å². The second-order valence-corrected chi connectivity index (χ2v) is 9.81. The number of ether oxygens (including phenoxy) is 1. The minimum Gasteiger partial charge on any atom is -0.489 e. The molecule has 0 atom stereocenters. The fourth-order valence-corrected chi connectivity index (χ4v) is 4.21. The summed E-state index contributed by atoms with van der Waals surface area (Å²) in [4.78, 5) is 9.13. The number of nitrogens with two attached hydrogens (primary N) is 2. The molecule has 0 amide bonds. The lowest BCUT2D eigenvalue weighted by Crippen LogP contribution is -2.32. The zero-order chi connectivity index (χ0) is 23.4. The van der Waals surface area contributed by atoms with Gasteiger partial charge in [-0.2, -0.15) is 4.98 Å². The van der Waals surface area contributed by atoms with Gasteiger partial charge >= 0.3 is 0 Å². The van der Waals surface area contributed by atoms with Gasteiger partial charge in [-0.05, 0) is 74.6 Å². The van der Waals surface area contributed by atoms with E-state index in [9.17, 15) is 0 Å². The molecule has 2 aromatic heterocycles. The standard InChI is InChI=1S/C24H37N7O2/c1-16-20(32-17-7-5-4-6-8-17)10-9-18(28-16)22(25)19(31(3)26)15-27-23-29-21(33-30-23)11-12-24(2)13-14-24/h9-10,17H,4-8,11-15,25-26H2,1-3H3,(H,27,30)/b22-19-. The van der Waals surface area contributed by atoms with Gasteiger partial charge < -0.3 is 25.3 Å². The summed E-state index contributed by atoms with van der Waals surface area (Å²) in [6, 6.07) is 3.83. The maximum atomic E-state index is 6.47. The number of nitrogens with zero attached hydrogens (tertiary/aromatic N) is 4. The number of pyridine rings is 1. The minimum absolute atomic E-state index is 0.278. The molecule has 9 heteroatoms. The lowest BCUT2D eigenvalue weighted by atomic mass is 9.98. The van der Waals surface area contributed by atoms with Crippen LogP contribution in [0.4, 0.5) is 5.95 Å². The van der Waals surface area contributed by atoms with Gasteiger partial charge in [-0.15, -0.1) is 0 Å². The van der Waals surface area contributed by atoms with E-state index in [1.165, 1.54) is 37.1 Å². The Bertz CT molecular complexity index is 975. The van der Waals surface area contributed by atoms with Crippen molar-refractivity contribution in [2.75, 3.05) is 18.9 Å². The Morgan fingerprint density at radius 3 is 2.67 bits per heavy atom. The molecule has 9 nitrogen and oxygen atoms in total. The van der Waals surface area contributed by atoms with Crippen molar-refractivity contribution < 1.29 is 9.26 Å². The zero-order valence-electron chi connectivity index (χ0n) is 20.1. The van der Waals surface area contributed by atoms with Gasteiger partial charge in [0.2, 0.25) is 5.89 Å². The molecule has 0 radical (unpaired) electrons. The summed E-state index contributed by atoms with van der Waals surface area (Å²) in [5.74, 6) is 7.97. The van der Waals surface area contributed by atoms with E-state index in [2.05, 4.69) is 27.4 Å². The molecule has 2 fully saturated rings. The van der Waals surface area contributed by atoms with E-state index < -0.39 is 0 Å². The van der Waals surface area contributed by atoms with Crippen molar-refractivity contribution in [3.05, 3.63) is 35.1 Å². The number of nitrogens with one attached hydrogen (secondary N) is 1. The molecule has 2 aliphatic carbocycles. The first kappa shape index (κ1) is 23.4. The van der Waals surface area contributed by atoms with Gasteiger partial charge in [0.05, 0.1) is 35.4 Å². The fraction of sp³-hybridized carbons (Fsp3) is 0.625. The second-order valence-electron chi connectivity index (χ2n) is 9.81. The van der Waals surface area contributed by atoms with Crippen LogP contribution in [-0.2, 0) is 6.42 Å². The Morgan fingerprint density at radius 1 is 1.24 bits per heavy atom. The van der Waals surface area contributed by atoms with E-state index in [1.54, 1.807) is 7.05 Å². The monoisotopic (exact) mass is 455 g/mol. The van der Waals surface area contributed by atoms with E-state index in [4.69, 9.17) is 20.8 Å². The number of aromatic nitrogens is 3. The Balaban J connectivity index is 1.40. The molecule has 4 rings (SSSR count). The summed E-state index contributed by atoms with van der Waals surface area (Å²) < 4.78 is 11.6. The molecular weight excluding hydrogens is 418 g/mol. The summed E-state index contributed by atoms with van der Waals surface area (Å²) in [6.45, 7) is 4.59. The molecule has 0 aromatic carbocycles. The average Bonchev–Trinajstić information content (AvgIpc) is 3.36. The molecule has 0 spiro atoms. The molecule has 0 unspecified atom stereocenters. The van der Waals surface area contributed by atoms with Crippen LogP contribution in [0.15, 0.2) is 22.4 Å². The summed E-state index contributed by atoms with van der Waals surface area (Å²) in [5.41, 5.74) is 9.57. The summed E-state index contributed by atoms with van der Waals surface area (Å²) in [5, 5.41) is 8.68.